The second-order valence-corrected chi connectivity index (χ2v) is 8.98. The Hall–Kier alpha value is -1.89. The third-order valence-corrected chi connectivity index (χ3v) is 6.63. The van der Waals surface area contributed by atoms with Crippen LogP contribution in [0, 0.1) is 5.92 Å². The molecular formula is C21H24ClN3O2S. The minimum Gasteiger partial charge on any atom is -0.492 e. The summed E-state index contributed by atoms with van der Waals surface area (Å²) in [5, 5.41) is 4.85. The molecule has 7 heteroatoms. The van der Waals surface area contributed by atoms with Crippen LogP contribution >= 0.6 is 22.9 Å². The van der Waals surface area contributed by atoms with Gasteiger partial charge in [0.25, 0.3) is 5.56 Å². The number of hydrogen-bond donors (Lipinski definition) is 2. The van der Waals surface area contributed by atoms with Gasteiger partial charge in [0.15, 0.2) is 0 Å². The van der Waals surface area contributed by atoms with Crippen molar-refractivity contribution in [2.24, 2.45) is 5.92 Å². The summed E-state index contributed by atoms with van der Waals surface area (Å²) >= 11 is 7.56. The number of nitrogens with one attached hydrogen (secondary N) is 2. The number of H-pyrrole nitrogens is 1. The minimum atomic E-state index is -0.0658. The van der Waals surface area contributed by atoms with Crippen LogP contribution in [0.15, 0.2) is 29.1 Å². The molecule has 0 spiro atoms. The number of nitrogens with zero attached hydrogens (tertiary/aromatic N) is 1. The van der Waals surface area contributed by atoms with Crippen LogP contribution < -0.4 is 15.6 Å². The molecule has 0 bridgehead atoms. The van der Waals surface area contributed by atoms with E-state index in [0.29, 0.717) is 29.9 Å². The number of aromatic amines is 1. The van der Waals surface area contributed by atoms with E-state index in [1.165, 1.54) is 10.4 Å². The van der Waals surface area contributed by atoms with Crippen molar-refractivity contribution in [2.75, 3.05) is 13.2 Å². The Balaban J connectivity index is 1.42. The van der Waals surface area contributed by atoms with Gasteiger partial charge in [-0.15, -0.1) is 11.3 Å². The van der Waals surface area contributed by atoms with Gasteiger partial charge in [0.1, 0.15) is 23.0 Å². The smallest absolute Gasteiger partial charge is 0.259 e. The summed E-state index contributed by atoms with van der Waals surface area (Å²) in [6, 6.07) is 7.23. The van der Waals surface area contributed by atoms with Gasteiger partial charge in [-0.2, -0.15) is 0 Å². The maximum atomic E-state index is 12.7. The normalized spacial score (nSPS) is 17.5. The highest BCUT2D eigenvalue weighted by molar-refractivity contribution is 7.18. The zero-order valence-electron chi connectivity index (χ0n) is 16.0. The van der Waals surface area contributed by atoms with Crippen molar-refractivity contribution < 1.29 is 4.74 Å². The average molecular weight is 418 g/mol. The summed E-state index contributed by atoms with van der Waals surface area (Å²) in [7, 11) is 0. The van der Waals surface area contributed by atoms with Crippen molar-refractivity contribution in [1.29, 1.82) is 0 Å². The third kappa shape index (κ3) is 4.09. The number of halogens is 1. The highest BCUT2D eigenvalue weighted by atomic mass is 35.5. The van der Waals surface area contributed by atoms with Gasteiger partial charge in [-0.05, 0) is 61.9 Å². The molecule has 1 aromatic carbocycles. The Bertz CT molecular complexity index is 1030. The maximum Gasteiger partial charge on any atom is 0.259 e. The highest BCUT2D eigenvalue weighted by Gasteiger charge is 2.23. The van der Waals surface area contributed by atoms with Gasteiger partial charge in [0.2, 0.25) is 0 Å². The third-order valence-electron chi connectivity index (χ3n) is 5.23. The van der Waals surface area contributed by atoms with Crippen molar-refractivity contribution in [1.82, 2.24) is 15.3 Å². The predicted octanol–water partition coefficient (Wildman–Crippen LogP) is 4.49. The van der Waals surface area contributed by atoms with E-state index < -0.39 is 0 Å². The first-order valence-corrected chi connectivity index (χ1v) is 10.9. The van der Waals surface area contributed by atoms with Crippen LogP contribution in [0.1, 0.15) is 42.6 Å². The lowest BCUT2D eigenvalue weighted by Gasteiger charge is -2.17. The van der Waals surface area contributed by atoms with Gasteiger partial charge in [0.05, 0.1) is 11.4 Å². The molecule has 0 aliphatic heterocycles. The highest BCUT2D eigenvalue weighted by Crippen LogP contribution is 2.35. The quantitative estimate of drug-likeness (QED) is 0.580. The molecule has 2 N–H and O–H groups in total. The standard InChI is InChI=1S/C21H24ClN3O2S/c1-12-3-8-16-17(11-12)28-21-18(16)20(26)24-19(25-21)13(2)23-9-10-27-15-6-4-14(22)5-7-15/h4-7,12-13,23H,3,8-11H2,1-2H3,(H,24,25,26)/t12-,13+/m1/s1. The van der Waals surface area contributed by atoms with Gasteiger partial charge in [-0.1, -0.05) is 18.5 Å². The molecule has 2 atom stereocenters. The summed E-state index contributed by atoms with van der Waals surface area (Å²) in [6.45, 7) is 5.43. The van der Waals surface area contributed by atoms with Crippen LogP contribution in [0.3, 0.4) is 0 Å². The van der Waals surface area contributed by atoms with E-state index >= 15 is 0 Å². The summed E-state index contributed by atoms with van der Waals surface area (Å²) < 4.78 is 5.69. The van der Waals surface area contributed by atoms with Crippen molar-refractivity contribution >= 4 is 33.2 Å². The molecule has 0 unspecified atom stereocenters. The first kappa shape index (κ1) is 19.4. The van der Waals surface area contributed by atoms with E-state index in [1.807, 2.05) is 19.1 Å². The summed E-state index contributed by atoms with van der Waals surface area (Å²) in [5.74, 6) is 2.14. The van der Waals surface area contributed by atoms with E-state index in [-0.39, 0.29) is 11.6 Å². The monoisotopic (exact) mass is 417 g/mol. The lowest BCUT2D eigenvalue weighted by Crippen LogP contribution is -2.27. The molecule has 148 valence electrons. The summed E-state index contributed by atoms with van der Waals surface area (Å²) in [6.07, 6.45) is 3.18. The number of fused-ring (bicyclic) bond motifs is 3. The molecule has 0 radical (unpaired) electrons. The Morgan fingerprint density at radius 2 is 2.18 bits per heavy atom. The first-order valence-electron chi connectivity index (χ1n) is 9.67. The Morgan fingerprint density at radius 1 is 1.39 bits per heavy atom. The van der Waals surface area contributed by atoms with Gasteiger partial charge in [0, 0.05) is 16.4 Å². The van der Waals surface area contributed by atoms with Crippen molar-refractivity contribution in [3.8, 4) is 5.75 Å². The van der Waals surface area contributed by atoms with E-state index in [4.69, 9.17) is 21.3 Å². The minimum absolute atomic E-state index is 0.0156. The van der Waals surface area contributed by atoms with E-state index in [1.54, 1.807) is 23.5 Å². The zero-order valence-corrected chi connectivity index (χ0v) is 17.6. The van der Waals surface area contributed by atoms with E-state index in [9.17, 15) is 4.79 Å². The van der Waals surface area contributed by atoms with E-state index in [0.717, 1.165) is 35.2 Å². The molecule has 2 heterocycles. The molecule has 5 nitrogen and oxygen atoms in total. The fraction of sp³-hybridized carbons (Fsp3) is 0.429. The lowest BCUT2D eigenvalue weighted by molar-refractivity contribution is 0.306. The average Bonchev–Trinajstić information content (AvgIpc) is 3.04. The second-order valence-electron chi connectivity index (χ2n) is 7.46. The predicted molar refractivity (Wildman–Crippen MR) is 115 cm³/mol. The molecule has 4 rings (SSSR count). The molecule has 0 saturated heterocycles. The molecule has 28 heavy (non-hydrogen) atoms. The Morgan fingerprint density at radius 3 is 2.96 bits per heavy atom. The molecule has 1 aliphatic rings. The van der Waals surface area contributed by atoms with Crippen LogP contribution in [0.4, 0.5) is 0 Å². The fourth-order valence-corrected chi connectivity index (χ4v) is 5.16. The summed E-state index contributed by atoms with van der Waals surface area (Å²) in [4.78, 5) is 22.6. The Labute approximate surface area is 173 Å². The topological polar surface area (TPSA) is 67.0 Å². The van der Waals surface area contributed by atoms with Gasteiger partial charge in [-0.25, -0.2) is 4.98 Å². The fourth-order valence-electron chi connectivity index (χ4n) is 3.64. The van der Waals surface area contributed by atoms with Crippen LogP contribution in [0.5, 0.6) is 5.75 Å². The second kappa shape index (κ2) is 8.23. The lowest BCUT2D eigenvalue weighted by atomic mass is 9.89. The van der Waals surface area contributed by atoms with Gasteiger partial charge in [-0.3, -0.25) is 4.79 Å². The van der Waals surface area contributed by atoms with Crippen LogP contribution in [0.25, 0.3) is 10.2 Å². The summed E-state index contributed by atoms with van der Waals surface area (Å²) in [5.41, 5.74) is 1.20. The maximum absolute atomic E-state index is 12.7. The number of benzene rings is 1. The van der Waals surface area contributed by atoms with Crippen LogP contribution in [0.2, 0.25) is 5.02 Å². The van der Waals surface area contributed by atoms with Crippen LogP contribution in [-0.2, 0) is 12.8 Å². The van der Waals surface area contributed by atoms with E-state index in [2.05, 4.69) is 17.2 Å². The zero-order chi connectivity index (χ0) is 19.7. The Kier molecular flexibility index (Phi) is 5.71. The van der Waals surface area contributed by atoms with Gasteiger partial charge < -0.3 is 15.0 Å². The van der Waals surface area contributed by atoms with Gasteiger partial charge >= 0.3 is 0 Å². The SMILES string of the molecule is C[C@@H]1CCc2c(sc3nc([C@H](C)NCCOc4ccc(Cl)cc4)[nH]c(=O)c23)C1. The molecular weight excluding hydrogens is 394 g/mol. The largest absolute Gasteiger partial charge is 0.492 e. The molecule has 2 aromatic heterocycles. The van der Waals surface area contributed by atoms with Crippen molar-refractivity contribution in [2.45, 2.75) is 39.2 Å². The van der Waals surface area contributed by atoms with Crippen molar-refractivity contribution in [3.05, 3.63) is 55.9 Å². The molecule has 0 saturated carbocycles. The number of aromatic nitrogens is 2. The van der Waals surface area contributed by atoms with Crippen LogP contribution in [-0.4, -0.2) is 23.1 Å². The number of hydrogen-bond acceptors (Lipinski definition) is 5. The van der Waals surface area contributed by atoms with Crippen molar-refractivity contribution in [3.63, 3.8) is 0 Å². The molecule has 3 aromatic rings. The number of ether oxygens (including phenoxy) is 1. The molecule has 0 fully saturated rings. The molecule has 0 amide bonds. The first-order chi connectivity index (χ1) is 13.5. The number of aryl methyl sites for hydroxylation is 1. The number of thiophene rings is 1. The number of rotatable bonds is 6. The molecule has 1 aliphatic carbocycles.